The van der Waals surface area contributed by atoms with Crippen molar-refractivity contribution in [3.8, 4) is 0 Å². The first-order valence-corrected chi connectivity index (χ1v) is 7.54. The molecule has 2 aliphatic heterocycles. The smallest absolute Gasteiger partial charge is 0.116 e. The van der Waals surface area contributed by atoms with Crippen LogP contribution in [-0.4, -0.2) is 54.5 Å². The van der Waals surface area contributed by atoms with E-state index in [9.17, 15) is 4.39 Å². The van der Waals surface area contributed by atoms with Gasteiger partial charge in [0.1, 0.15) is 6.17 Å². The Labute approximate surface area is 107 Å². The van der Waals surface area contributed by atoms with Crippen molar-refractivity contribution < 1.29 is 4.39 Å². The lowest BCUT2D eigenvalue weighted by molar-refractivity contribution is -0.0300. The molecule has 0 amide bonds. The van der Waals surface area contributed by atoms with Crippen LogP contribution in [0.4, 0.5) is 4.39 Å². The van der Waals surface area contributed by atoms with Crippen molar-refractivity contribution in [2.75, 3.05) is 32.5 Å². The van der Waals surface area contributed by atoms with E-state index >= 15 is 0 Å². The number of rotatable bonds is 2. The van der Waals surface area contributed by atoms with Gasteiger partial charge in [0.2, 0.25) is 0 Å². The van der Waals surface area contributed by atoms with Crippen molar-refractivity contribution in [1.29, 1.82) is 0 Å². The van der Waals surface area contributed by atoms with Gasteiger partial charge >= 0.3 is 0 Å². The van der Waals surface area contributed by atoms with Gasteiger partial charge in [-0.25, -0.2) is 4.39 Å². The zero-order valence-electron chi connectivity index (χ0n) is 11.3. The summed E-state index contributed by atoms with van der Waals surface area (Å²) >= 11 is 0. The van der Waals surface area contributed by atoms with Gasteiger partial charge < -0.3 is 0 Å². The molecule has 2 aliphatic rings. The van der Waals surface area contributed by atoms with Crippen molar-refractivity contribution in [1.82, 2.24) is 9.80 Å². The highest BCUT2D eigenvalue weighted by Gasteiger charge is 2.40. The van der Waals surface area contributed by atoms with E-state index in [0.29, 0.717) is 12.6 Å². The second-order valence-corrected chi connectivity index (χ2v) is 7.01. The molecule has 3 atom stereocenters. The van der Waals surface area contributed by atoms with Crippen LogP contribution in [0.5, 0.6) is 0 Å². The van der Waals surface area contributed by atoms with Gasteiger partial charge in [0, 0.05) is 32.0 Å². The number of nitrogens with zero attached hydrogens (tertiary/aromatic N) is 2. The maximum Gasteiger partial charge on any atom is 0.116 e. The molecule has 0 bridgehead atoms. The molecule has 0 saturated carbocycles. The van der Waals surface area contributed by atoms with E-state index in [2.05, 4.69) is 39.8 Å². The molecule has 2 fully saturated rings. The largest absolute Gasteiger partial charge is 0.297 e. The summed E-state index contributed by atoms with van der Waals surface area (Å²) in [5.74, 6) is 0.233. The normalized spacial score (nSPS) is 33.7. The van der Waals surface area contributed by atoms with E-state index in [1.54, 1.807) is 0 Å². The van der Waals surface area contributed by atoms with Gasteiger partial charge in [0.15, 0.2) is 0 Å². The standard InChI is InChI=1S/C13H26FN2P/c1-13(2,3)11-4-5-16(8-12(11)14)10-6-15(7-10)9-17/h10-12H,4-9,17H2,1-3H3. The Balaban J connectivity index is 1.84. The van der Waals surface area contributed by atoms with Crippen LogP contribution in [-0.2, 0) is 0 Å². The van der Waals surface area contributed by atoms with Gasteiger partial charge in [-0.1, -0.05) is 20.8 Å². The lowest BCUT2D eigenvalue weighted by Gasteiger charge is -2.49. The highest BCUT2D eigenvalue weighted by atomic mass is 31.0. The van der Waals surface area contributed by atoms with Crippen LogP contribution in [0.25, 0.3) is 0 Å². The molecular formula is C13H26FN2P. The second kappa shape index (κ2) is 5.11. The van der Waals surface area contributed by atoms with Gasteiger partial charge in [0.05, 0.1) is 0 Å². The zero-order chi connectivity index (χ0) is 12.6. The molecule has 100 valence electrons. The zero-order valence-corrected chi connectivity index (χ0v) is 12.5. The van der Waals surface area contributed by atoms with Crippen LogP contribution < -0.4 is 0 Å². The van der Waals surface area contributed by atoms with Crippen molar-refractivity contribution in [2.24, 2.45) is 11.3 Å². The fourth-order valence-electron chi connectivity index (χ4n) is 3.16. The average Bonchev–Trinajstić information content (AvgIpc) is 2.14. The minimum Gasteiger partial charge on any atom is -0.297 e. The molecule has 3 unspecified atom stereocenters. The number of likely N-dealkylation sites (tertiary alicyclic amines) is 2. The molecule has 0 aliphatic carbocycles. The Bertz CT molecular complexity index is 261. The summed E-state index contributed by atoms with van der Waals surface area (Å²) in [6.07, 6.45) is 1.42. The molecule has 2 saturated heterocycles. The fraction of sp³-hybridized carbons (Fsp3) is 1.00. The lowest BCUT2D eigenvalue weighted by Crippen LogP contribution is -2.62. The maximum atomic E-state index is 14.2. The van der Waals surface area contributed by atoms with Crippen LogP contribution in [0, 0.1) is 11.3 Å². The van der Waals surface area contributed by atoms with Crippen molar-refractivity contribution in [3.05, 3.63) is 0 Å². The predicted molar refractivity (Wildman–Crippen MR) is 74.0 cm³/mol. The molecule has 0 aromatic heterocycles. The third-order valence-corrected chi connectivity index (χ3v) is 4.91. The second-order valence-electron chi connectivity index (χ2n) is 6.64. The fourth-order valence-corrected chi connectivity index (χ4v) is 3.46. The van der Waals surface area contributed by atoms with Crippen LogP contribution >= 0.6 is 9.24 Å². The molecule has 0 aromatic carbocycles. The number of hydrogen-bond acceptors (Lipinski definition) is 2. The number of hydrogen-bond donors (Lipinski definition) is 0. The first kappa shape index (κ1) is 13.7. The van der Waals surface area contributed by atoms with E-state index in [-0.39, 0.29) is 11.3 Å². The maximum absolute atomic E-state index is 14.2. The van der Waals surface area contributed by atoms with Crippen molar-refractivity contribution in [2.45, 2.75) is 39.4 Å². The summed E-state index contributed by atoms with van der Waals surface area (Å²) in [6.45, 7) is 10.5. The summed E-state index contributed by atoms with van der Waals surface area (Å²) in [5, 5.41) is 0. The van der Waals surface area contributed by atoms with Crippen molar-refractivity contribution in [3.63, 3.8) is 0 Å². The molecular weight excluding hydrogens is 234 g/mol. The molecule has 2 rings (SSSR count). The van der Waals surface area contributed by atoms with Gasteiger partial charge in [0.25, 0.3) is 0 Å². The Morgan fingerprint density at radius 1 is 1.24 bits per heavy atom. The monoisotopic (exact) mass is 260 g/mol. The van der Waals surface area contributed by atoms with E-state index in [4.69, 9.17) is 0 Å². The molecule has 0 spiro atoms. The van der Waals surface area contributed by atoms with Crippen LogP contribution in [0.1, 0.15) is 27.2 Å². The minimum atomic E-state index is -0.645. The Morgan fingerprint density at radius 3 is 2.35 bits per heavy atom. The summed E-state index contributed by atoms with van der Waals surface area (Å²) < 4.78 is 14.2. The summed E-state index contributed by atoms with van der Waals surface area (Å²) in [6, 6.07) is 0.606. The summed E-state index contributed by atoms with van der Waals surface area (Å²) in [4.78, 5) is 4.75. The lowest BCUT2D eigenvalue weighted by atomic mass is 9.74. The third-order valence-electron chi connectivity index (χ3n) is 4.40. The first-order chi connectivity index (χ1) is 7.91. The van der Waals surface area contributed by atoms with Gasteiger partial charge in [-0.15, -0.1) is 9.24 Å². The molecule has 0 radical (unpaired) electrons. The quantitative estimate of drug-likeness (QED) is 0.702. The minimum absolute atomic E-state index is 0.108. The first-order valence-electron chi connectivity index (χ1n) is 6.72. The summed E-state index contributed by atoms with van der Waals surface area (Å²) in [7, 11) is 2.76. The predicted octanol–water partition coefficient (Wildman–Crippen LogP) is 2.21. The van der Waals surface area contributed by atoms with Gasteiger partial charge in [-0.3, -0.25) is 9.80 Å². The van der Waals surface area contributed by atoms with E-state index < -0.39 is 6.17 Å². The van der Waals surface area contributed by atoms with Crippen molar-refractivity contribution >= 4 is 9.24 Å². The Kier molecular flexibility index (Phi) is 4.12. The topological polar surface area (TPSA) is 6.48 Å². The van der Waals surface area contributed by atoms with E-state index in [1.165, 1.54) is 0 Å². The van der Waals surface area contributed by atoms with E-state index in [1.807, 2.05) is 0 Å². The molecule has 2 heterocycles. The molecule has 4 heteroatoms. The Hall–Kier alpha value is 0.280. The molecule has 0 aromatic rings. The highest BCUT2D eigenvalue weighted by molar-refractivity contribution is 7.16. The third kappa shape index (κ3) is 3.00. The van der Waals surface area contributed by atoms with Gasteiger partial charge in [-0.2, -0.15) is 0 Å². The number of alkyl halides is 1. The van der Waals surface area contributed by atoms with Gasteiger partial charge in [-0.05, 0) is 24.3 Å². The Morgan fingerprint density at radius 2 is 1.88 bits per heavy atom. The summed E-state index contributed by atoms with van der Waals surface area (Å²) in [5.41, 5.74) is 0.108. The average molecular weight is 260 g/mol. The number of piperidine rings is 1. The van der Waals surface area contributed by atoms with Crippen LogP contribution in [0.15, 0.2) is 0 Å². The van der Waals surface area contributed by atoms with Crippen LogP contribution in [0.3, 0.4) is 0 Å². The SMILES string of the molecule is CC(C)(C)C1CCN(C2CN(CP)C2)CC1F. The molecule has 0 N–H and O–H groups in total. The van der Waals surface area contributed by atoms with E-state index in [0.717, 1.165) is 32.3 Å². The highest BCUT2D eigenvalue weighted by Crippen LogP contribution is 2.37. The molecule has 2 nitrogen and oxygen atoms in total. The molecule has 17 heavy (non-hydrogen) atoms. The number of halogens is 1. The van der Waals surface area contributed by atoms with Crippen LogP contribution in [0.2, 0.25) is 0 Å².